The van der Waals surface area contributed by atoms with Crippen LogP contribution in [0.25, 0.3) is 11.1 Å². The molecule has 2 aliphatic rings. The Kier molecular flexibility index (Phi) is 8.68. The Bertz CT molecular complexity index is 1670. The lowest BCUT2D eigenvalue weighted by Crippen LogP contribution is -2.41. The molecule has 0 bridgehead atoms. The number of alkyl halides is 3. The van der Waals surface area contributed by atoms with Gasteiger partial charge in [-0.3, -0.25) is 4.79 Å². The number of aromatic nitrogens is 2. The van der Waals surface area contributed by atoms with E-state index in [9.17, 15) is 31.5 Å². The van der Waals surface area contributed by atoms with E-state index in [4.69, 9.17) is 22.1 Å². The molecule has 5 rings (SSSR count). The summed E-state index contributed by atoms with van der Waals surface area (Å²) in [5, 5.41) is 12.5. The number of nitrogens with one attached hydrogen (secondary N) is 2. The number of nitrogen functional groups attached to an aromatic ring is 1. The molecule has 5 N–H and O–H groups in total. The first-order valence-corrected chi connectivity index (χ1v) is 15.5. The molecule has 11 nitrogen and oxygen atoms in total. The van der Waals surface area contributed by atoms with E-state index >= 15 is 0 Å². The molecule has 0 saturated carbocycles. The van der Waals surface area contributed by atoms with Gasteiger partial charge in [0, 0.05) is 36.3 Å². The molecular formula is C28H30ClF3N6O5S. The molecule has 1 spiro atoms. The highest BCUT2D eigenvalue weighted by molar-refractivity contribution is 7.89. The minimum atomic E-state index is -4.93. The van der Waals surface area contributed by atoms with Gasteiger partial charge in [-0.15, -0.1) is 0 Å². The molecule has 2 aliphatic heterocycles. The fourth-order valence-electron chi connectivity index (χ4n) is 5.72. The number of aliphatic carboxylic acids is 1. The van der Waals surface area contributed by atoms with E-state index < -0.39 is 40.2 Å². The summed E-state index contributed by atoms with van der Waals surface area (Å²) < 4.78 is 76.3. The van der Waals surface area contributed by atoms with Gasteiger partial charge in [0.1, 0.15) is 11.9 Å². The molecular weight excluding hydrogens is 625 g/mol. The summed E-state index contributed by atoms with van der Waals surface area (Å²) in [6.07, 6.45) is -5.64. The lowest BCUT2D eigenvalue weighted by Gasteiger charge is -2.39. The third kappa shape index (κ3) is 6.70. The molecule has 16 heteroatoms. The number of carbonyl (C=O) groups is 1. The Morgan fingerprint density at radius 1 is 1.20 bits per heavy atom. The quantitative estimate of drug-likeness (QED) is 0.280. The van der Waals surface area contributed by atoms with Gasteiger partial charge in [0.05, 0.1) is 4.90 Å². The summed E-state index contributed by atoms with van der Waals surface area (Å²) >= 11 is 6.17. The van der Waals surface area contributed by atoms with E-state index in [1.54, 1.807) is 0 Å². The fraction of sp³-hybridized carbons (Fsp3) is 0.393. The van der Waals surface area contributed by atoms with Crippen LogP contribution in [0.15, 0.2) is 53.4 Å². The molecule has 2 atom stereocenters. The predicted molar refractivity (Wildman–Crippen MR) is 157 cm³/mol. The smallest absolute Gasteiger partial charge is 0.429 e. The van der Waals surface area contributed by atoms with Crippen LogP contribution in [0.4, 0.5) is 24.9 Å². The molecule has 1 aromatic heterocycles. The zero-order valence-electron chi connectivity index (χ0n) is 23.4. The number of nitrogens with zero attached hydrogens (tertiary/aromatic N) is 3. The van der Waals surface area contributed by atoms with Crippen LogP contribution in [0.1, 0.15) is 30.9 Å². The fourth-order valence-corrected chi connectivity index (χ4v) is 6.67. The maximum atomic E-state index is 14.6. The average molecular weight is 655 g/mol. The van der Waals surface area contributed by atoms with E-state index in [1.165, 1.54) is 55.6 Å². The third-order valence-electron chi connectivity index (χ3n) is 8.07. The van der Waals surface area contributed by atoms with Crippen LogP contribution in [0.3, 0.4) is 0 Å². The summed E-state index contributed by atoms with van der Waals surface area (Å²) in [5.74, 6) is -1.30. The zero-order valence-corrected chi connectivity index (χ0v) is 25.0. The zero-order chi connectivity index (χ0) is 31.9. The minimum absolute atomic E-state index is 0.0152. The summed E-state index contributed by atoms with van der Waals surface area (Å²) in [5.41, 5.74) is 5.59. The van der Waals surface area contributed by atoms with Gasteiger partial charge in [-0.25, -0.2) is 13.1 Å². The number of sulfonamides is 1. The molecule has 0 radical (unpaired) electrons. The first kappa shape index (κ1) is 31.8. The van der Waals surface area contributed by atoms with Crippen LogP contribution in [0.2, 0.25) is 5.02 Å². The van der Waals surface area contributed by atoms with Crippen molar-refractivity contribution in [2.24, 2.45) is 5.41 Å². The highest BCUT2D eigenvalue weighted by atomic mass is 35.5. The van der Waals surface area contributed by atoms with Gasteiger partial charge in [-0.2, -0.15) is 23.1 Å². The van der Waals surface area contributed by atoms with Crippen LogP contribution in [-0.2, 0) is 14.8 Å². The number of ether oxygens (including phenoxy) is 1. The number of piperidine rings is 1. The molecule has 3 heterocycles. The summed E-state index contributed by atoms with van der Waals surface area (Å²) in [4.78, 5) is 21.2. The molecule has 2 saturated heterocycles. The van der Waals surface area contributed by atoms with Crippen molar-refractivity contribution < 1.29 is 36.2 Å². The Balaban J connectivity index is 1.44. The van der Waals surface area contributed by atoms with Crippen LogP contribution >= 0.6 is 11.6 Å². The Hall–Kier alpha value is -3.66. The van der Waals surface area contributed by atoms with Gasteiger partial charge in [-0.1, -0.05) is 29.8 Å². The summed E-state index contributed by atoms with van der Waals surface area (Å²) in [6.45, 7) is 1.54. The van der Waals surface area contributed by atoms with E-state index in [-0.39, 0.29) is 43.8 Å². The molecule has 44 heavy (non-hydrogen) atoms. The Labute approximate surface area is 256 Å². The van der Waals surface area contributed by atoms with Crippen molar-refractivity contribution in [1.29, 1.82) is 0 Å². The Morgan fingerprint density at radius 2 is 1.93 bits per heavy atom. The number of benzene rings is 2. The monoisotopic (exact) mass is 654 g/mol. The first-order chi connectivity index (χ1) is 20.7. The van der Waals surface area contributed by atoms with Crippen molar-refractivity contribution in [2.45, 2.75) is 42.5 Å². The van der Waals surface area contributed by atoms with Crippen molar-refractivity contribution >= 4 is 39.4 Å². The number of hydrogen-bond acceptors (Lipinski definition) is 9. The number of carboxylic acid groups (broad SMARTS) is 1. The third-order valence-corrected chi connectivity index (χ3v) is 9.72. The number of halogens is 4. The Morgan fingerprint density at radius 3 is 2.57 bits per heavy atom. The van der Waals surface area contributed by atoms with E-state index in [1.807, 2.05) is 4.90 Å². The van der Waals surface area contributed by atoms with Gasteiger partial charge in [0.2, 0.25) is 28.0 Å². The van der Waals surface area contributed by atoms with Crippen molar-refractivity contribution in [3.63, 3.8) is 0 Å². The standard InChI is InChI=1S/C28H30ClF3N6O5S/c1-34-44(41,42)18-4-2-3-16(11-18)20-12-17(29)5-6-19(20)24(28(30,31)32)43-23-13-22(36-26(33)37-23)38-9-7-27(8-10-38)14-21(25(39)40)35-15-27/h2-6,11-13,21,24,34-35H,7-10,14-15H2,1H3,(H,39,40)(H2,33,36,37)/t21-,24?/m0/s1. The van der Waals surface area contributed by atoms with Gasteiger partial charge in [-0.05, 0) is 67.1 Å². The summed E-state index contributed by atoms with van der Waals surface area (Å²) in [7, 11) is -2.66. The van der Waals surface area contributed by atoms with Crippen LogP contribution < -0.4 is 25.4 Å². The second kappa shape index (κ2) is 12.0. The van der Waals surface area contributed by atoms with Gasteiger partial charge >= 0.3 is 12.1 Å². The highest BCUT2D eigenvalue weighted by Gasteiger charge is 2.46. The number of carboxylic acids is 1. The SMILES string of the molecule is CNS(=O)(=O)c1cccc(-c2cc(Cl)ccc2C(Oc2cc(N3CCC4(CC3)CN[C@H](C(=O)O)C4)nc(N)n2)C(F)(F)F)c1. The van der Waals surface area contributed by atoms with E-state index in [2.05, 4.69) is 20.0 Å². The lowest BCUT2D eigenvalue weighted by atomic mass is 9.76. The highest BCUT2D eigenvalue weighted by Crippen LogP contribution is 2.43. The van der Waals surface area contributed by atoms with E-state index in [0.717, 1.165) is 0 Å². The predicted octanol–water partition coefficient (Wildman–Crippen LogP) is 4.00. The molecule has 3 aromatic rings. The van der Waals surface area contributed by atoms with Crippen LogP contribution in [0, 0.1) is 5.41 Å². The minimum Gasteiger partial charge on any atom is -0.480 e. The second-order valence-corrected chi connectivity index (χ2v) is 13.2. The number of hydrogen-bond donors (Lipinski definition) is 4. The van der Waals surface area contributed by atoms with Crippen LogP contribution in [0.5, 0.6) is 5.88 Å². The van der Waals surface area contributed by atoms with Gasteiger partial charge < -0.3 is 25.8 Å². The topological polar surface area (TPSA) is 160 Å². The van der Waals surface area contributed by atoms with Crippen LogP contribution in [-0.4, -0.2) is 68.4 Å². The maximum Gasteiger partial charge on any atom is 0.429 e. The van der Waals surface area contributed by atoms with Crippen molar-refractivity contribution in [2.75, 3.05) is 37.3 Å². The largest absolute Gasteiger partial charge is 0.480 e. The molecule has 0 aliphatic carbocycles. The lowest BCUT2D eigenvalue weighted by molar-refractivity contribution is -0.198. The van der Waals surface area contributed by atoms with Crippen molar-refractivity contribution in [3.8, 4) is 17.0 Å². The van der Waals surface area contributed by atoms with E-state index in [0.29, 0.717) is 38.9 Å². The van der Waals surface area contributed by atoms with Gasteiger partial charge in [0.15, 0.2) is 0 Å². The van der Waals surface area contributed by atoms with Gasteiger partial charge in [0.25, 0.3) is 0 Å². The average Bonchev–Trinajstić information content (AvgIpc) is 3.39. The molecule has 2 fully saturated rings. The molecule has 2 aromatic carbocycles. The summed E-state index contributed by atoms with van der Waals surface area (Å²) in [6, 6.07) is 9.89. The maximum absolute atomic E-state index is 14.6. The van der Waals surface area contributed by atoms with Crippen molar-refractivity contribution in [1.82, 2.24) is 20.0 Å². The molecule has 236 valence electrons. The molecule has 1 unspecified atom stereocenters. The number of nitrogens with two attached hydrogens (primary N) is 1. The second-order valence-electron chi connectivity index (χ2n) is 10.9. The normalized spacial score (nSPS) is 19.2. The molecule has 0 amide bonds. The van der Waals surface area contributed by atoms with Crippen molar-refractivity contribution in [3.05, 3.63) is 59.1 Å². The first-order valence-electron chi connectivity index (χ1n) is 13.6. The number of anilines is 2. The number of rotatable bonds is 8.